The van der Waals surface area contributed by atoms with Crippen LogP contribution in [0.2, 0.25) is 0 Å². The molecule has 136 valence electrons. The average Bonchev–Trinajstić information content (AvgIpc) is 3.13. The summed E-state index contributed by atoms with van der Waals surface area (Å²) in [5.74, 6) is 2.53. The quantitative estimate of drug-likeness (QED) is 0.831. The van der Waals surface area contributed by atoms with Crippen molar-refractivity contribution >= 4 is 17.4 Å². The molecule has 0 radical (unpaired) electrons. The van der Waals surface area contributed by atoms with Crippen molar-refractivity contribution in [3.8, 4) is 10.6 Å². The van der Waals surface area contributed by atoms with Gasteiger partial charge in [-0.05, 0) is 85.4 Å². The standard InChI is InChI=1S/C21H25N3OS/c25-20(24-21-10-15-6-16(11-21)8-17(7-15)12-21)23-13-14-3-4-22-18(9-14)19-2-1-5-26-19/h1-5,9,15-17H,6-8,10-13H2,(H2,23,24,25). The SMILES string of the molecule is O=C(NCc1ccnc(-c2cccs2)c1)NC12CC3CC(CC(C3)C1)C2. The first-order valence-corrected chi connectivity index (χ1v) is 10.6. The van der Waals surface area contributed by atoms with Gasteiger partial charge in [0.2, 0.25) is 0 Å². The number of carbonyl (C=O) groups is 1. The van der Waals surface area contributed by atoms with E-state index in [0.29, 0.717) is 6.54 Å². The van der Waals surface area contributed by atoms with E-state index in [1.54, 1.807) is 11.3 Å². The Morgan fingerprint density at radius 3 is 2.54 bits per heavy atom. The van der Waals surface area contributed by atoms with Gasteiger partial charge in [0.1, 0.15) is 0 Å². The summed E-state index contributed by atoms with van der Waals surface area (Å²) in [6, 6.07) is 8.13. The molecule has 4 aliphatic rings. The van der Waals surface area contributed by atoms with Crippen molar-refractivity contribution < 1.29 is 4.79 Å². The fourth-order valence-corrected chi connectivity index (χ4v) is 6.57. The van der Waals surface area contributed by atoms with Crippen molar-refractivity contribution in [2.45, 2.75) is 50.6 Å². The lowest BCUT2D eigenvalue weighted by Crippen LogP contribution is -2.61. The molecule has 2 amide bonds. The zero-order valence-corrected chi connectivity index (χ0v) is 15.7. The van der Waals surface area contributed by atoms with Gasteiger partial charge in [-0.25, -0.2) is 4.79 Å². The molecule has 4 fully saturated rings. The van der Waals surface area contributed by atoms with Gasteiger partial charge in [-0.1, -0.05) is 6.07 Å². The van der Waals surface area contributed by atoms with Gasteiger partial charge in [0.25, 0.3) is 0 Å². The van der Waals surface area contributed by atoms with E-state index < -0.39 is 0 Å². The number of aromatic nitrogens is 1. The zero-order chi connectivity index (χ0) is 17.6. The third-order valence-corrected chi connectivity index (χ3v) is 7.36. The lowest BCUT2D eigenvalue weighted by atomic mass is 9.53. The van der Waals surface area contributed by atoms with Crippen LogP contribution >= 0.6 is 11.3 Å². The molecule has 0 unspecified atom stereocenters. The Kier molecular flexibility index (Phi) is 4.00. The van der Waals surface area contributed by atoms with Crippen LogP contribution in [-0.4, -0.2) is 16.6 Å². The molecule has 0 saturated heterocycles. The molecule has 0 aliphatic heterocycles. The van der Waals surface area contributed by atoms with Crippen LogP contribution in [0, 0.1) is 17.8 Å². The molecule has 4 bridgehead atoms. The molecule has 4 aliphatic carbocycles. The van der Waals surface area contributed by atoms with Crippen molar-refractivity contribution in [3.63, 3.8) is 0 Å². The Morgan fingerprint density at radius 2 is 1.88 bits per heavy atom. The summed E-state index contributed by atoms with van der Waals surface area (Å²) in [6.07, 6.45) is 9.56. The van der Waals surface area contributed by atoms with Gasteiger partial charge in [0, 0.05) is 18.3 Å². The Balaban J connectivity index is 1.21. The molecule has 2 aromatic heterocycles. The lowest BCUT2D eigenvalue weighted by molar-refractivity contribution is -0.0135. The first-order chi connectivity index (χ1) is 12.7. The van der Waals surface area contributed by atoms with Crippen LogP contribution in [0.15, 0.2) is 35.8 Å². The number of thiophene rings is 1. The lowest BCUT2D eigenvalue weighted by Gasteiger charge is -2.56. The molecule has 6 rings (SSSR count). The Labute approximate surface area is 158 Å². The first-order valence-electron chi connectivity index (χ1n) is 9.72. The highest BCUT2D eigenvalue weighted by Crippen LogP contribution is 2.55. The molecule has 26 heavy (non-hydrogen) atoms. The minimum atomic E-state index is -0.0126. The summed E-state index contributed by atoms with van der Waals surface area (Å²) < 4.78 is 0. The molecule has 2 N–H and O–H groups in total. The maximum Gasteiger partial charge on any atom is 0.315 e. The summed E-state index contributed by atoms with van der Waals surface area (Å²) in [7, 11) is 0. The first kappa shape index (κ1) is 16.3. The van der Waals surface area contributed by atoms with Gasteiger partial charge in [0.15, 0.2) is 0 Å². The number of urea groups is 1. The fraction of sp³-hybridized carbons (Fsp3) is 0.524. The van der Waals surface area contributed by atoms with E-state index in [2.05, 4.69) is 33.1 Å². The van der Waals surface area contributed by atoms with Crippen LogP contribution in [-0.2, 0) is 6.54 Å². The molecule has 0 spiro atoms. The Bertz CT molecular complexity index is 766. The molecule has 5 heteroatoms. The number of nitrogens with zero attached hydrogens (tertiary/aromatic N) is 1. The van der Waals surface area contributed by atoms with Crippen LogP contribution in [0.25, 0.3) is 10.6 Å². The smallest absolute Gasteiger partial charge is 0.315 e. The van der Waals surface area contributed by atoms with E-state index in [1.807, 2.05) is 18.3 Å². The van der Waals surface area contributed by atoms with E-state index in [1.165, 1.54) is 38.5 Å². The molecule has 4 nitrogen and oxygen atoms in total. The predicted octanol–water partition coefficient (Wildman–Crippen LogP) is 4.58. The van der Waals surface area contributed by atoms with Crippen molar-refractivity contribution in [2.24, 2.45) is 17.8 Å². The second kappa shape index (κ2) is 6.38. The van der Waals surface area contributed by atoms with Crippen molar-refractivity contribution in [1.29, 1.82) is 0 Å². The second-order valence-corrected chi connectivity index (χ2v) is 9.48. The van der Waals surface area contributed by atoms with E-state index >= 15 is 0 Å². The summed E-state index contributed by atoms with van der Waals surface area (Å²) in [5.41, 5.74) is 2.13. The molecule has 2 heterocycles. The molecule has 0 aromatic carbocycles. The highest BCUT2D eigenvalue weighted by atomic mass is 32.1. The maximum atomic E-state index is 12.6. The van der Waals surface area contributed by atoms with Crippen LogP contribution in [0.3, 0.4) is 0 Å². The third-order valence-electron chi connectivity index (χ3n) is 6.47. The minimum absolute atomic E-state index is 0.0126. The van der Waals surface area contributed by atoms with Crippen molar-refractivity contribution in [3.05, 3.63) is 41.4 Å². The monoisotopic (exact) mass is 367 g/mol. The summed E-state index contributed by atoms with van der Waals surface area (Å²) in [5, 5.41) is 8.50. The molecule has 4 saturated carbocycles. The largest absolute Gasteiger partial charge is 0.334 e. The van der Waals surface area contributed by atoms with Gasteiger partial charge in [-0.3, -0.25) is 4.98 Å². The molecule has 0 atom stereocenters. The second-order valence-electron chi connectivity index (χ2n) is 8.53. The summed E-state index contributed by atoms with van der Waals surface area (Å²) in [6.45, 7) is 0.541. The van der Waals surface area contributed by atoms with Gasteiger partial charge in [-0.15, -0.1) is 11.3 Å². The normalized spacial score (nSPS) is 31.8. The topological polar surface area (TPSA) is 54.0 Å². The molecular formula is C21H25N3OS. The summed E-state index contributed by atoms with van der Waals surface area (Å²) >= 11 is 1.68. The van der Waals surface area contributed by atoms with Crippen LogP contribution in [0.5, 0.6) is 0 Å². The van der Waals surface area contributed by atoms with Gasteiger partial charge in [-0.2, -0.15) is 0 Å². The third kappa shape index (κ3) is 3.13. The van der Waals surface area contributed by atoms with Gasteiger partial charge >= 0.3 is 6.03 Å². The highest BCUT2D eigenvalue weighted by molar-refractivity contribution is 7.13. The van der Waals surface area contributed by atoms with Crippen molar-refractivity contribution in [1.82, 2.24) is 15.6 Å². The fourth-order valence-electron chi connectivity index (χ4n) is 5.87. The minimum Gasteiger partial charge on any atom is -0.334 e. The predicted molar refractivity (Wildman–Crippen MR) is 104 cm³/mol. The Hall–Kier alpha value is -1.88. The number of nitrogens with one attached hydrogen (secondary N) is 2. The zero-order valence-electron chi connectivity index (χ0n) is 14.9. The van der Waals surface area contributed by atoms with Crippen LogP contribution < -0.4 is 10.6 Å². The van der Waals surface area contributed by atoms with Gasteiger partial charge in [0.05, 0.1) is 10.6 Å². The number of rotatable bonds is 4. The highest BCUT2D eigenvalue weighted by Gasteiger charge is 2.51. The molecule has 2 aromatic rings. The van der Waals surface area contributed by atoms with E-state index in [4.69, 9.17) is 0 Å². The maximum absolute atomic E-state index is 12.6. The van der Waals surface area contributed by atoms with E-state index in [0.717, 1.165) is 33.9 Å². The molecular weight excluding hydrogens is 342 g/mol. The summed E-state index contributed by atoms with van der Waals surface area (Å²) in [4.78, 5) is 18.2. The number of pyridine rings is 1. The number of amides is 2. The number of hydrogen-bond acceptors (Lipinski definition) is 3. The van der Waals surface area contributed by atoms with E-state index in [-0.39, 0.29) is 11.6 Å². The average molecular weight is 368 g/mol. The van der Waals surface area contributed by atoms with Gasteiger partial charge < -0.3 is 10.6 Å². The van der Waals surface area contributed by atoms with Crippen LogP contribution in [0.4, 0.5) is 4.79 Å². The Morgan fingerprint density at radius 1 is 1.15 bits per heavy atom. The number of carbonyl (C=O) groups excluding carboxylic acids is 1. The number of hydrogen-bond donors (Lipinski definition) is 2. The van der Waals surface area contributed by atoms with Crippen LogP contribution in [0.1, 0.15) is 44.1 Å². The van der Waals surface area contributed by atoms with Crippen molar-refractivity contribution in [2.75, 3.05) is 0 Å². The van der Waals surface area contributed by atoms with E-state index in [9.17, 15) is 4.79 Å².